The Hall–Kier alpha value is -2.39. The first kappa shape index (κ1) is 15.0. The second-order valence-corrected chi connectivity index (χ2v) is 5.13. The lowest BCUT2D eigenvalue weighted by Crippen LogP contribution is -2.45. The first-order chi connectivity index (χ1) is 10.0. The molecule has 1 aliphatic heterocycles. The van der Waals surface area contributed by atoms with Crippen molar-refractivity contribution in [2.75, 3.05) is 18.0 Å². The van der Waals surface area contributed by atoms with Crippen LogP contribution in [0.25, 0.3) is 6.08 Å². The molecule has 0 bridgehead atoms. The molecule has 0 saturated carbocycles. The summed E-state index contributed by atoms with van der Waals surface area (Å²) in [6, 6.07) is 6.89. The van der Waals surface area contributed by atoms with E-state index >= 15 is 0 Å². The normalized spacial score (nSPS) is 22.2. The van der Waals surface area contributed by atoms with Crippen LogP contribution in [0, 0.1) is 21.4 Å². The highest BCUT2D eigenvalue weighted by Gasteiger charge is 2.27. The van der Waals surface area contributed by atoms with E-state index in [1.165, 1.54) is 12.1 Å². The molecule has 0 aliphatic carbocycles. The maximum absolute atomic E-state index is 11.3. The van der Waals surface area contributed by atoms with E-state index in [0.29, 0.717) is 24.3 Å². The summed E-state index contributed by atoms with van der Waals surface area (Å²) in [4.78, 5) is 12.9. The highest BCUT2D eigenvalue weighted by Crippen LogP contribution is 2.31. The van der Waals surface area contributed by atoms with Gasteiger partial charge in [-0.25, -0.2) is 0 Å². The first-order valence-corrected chi connectivity index (χ1v) is 6.76. The van der Waals surface area contributed by atoms with Crippen LogP contribution < -0.4 is 4.90 Å². The van der Waals surface area contributed by atoms with E-state index in [0.717, 1.165) is 0 Å². The lowest BCUT2D eigenvalue weighted by molar-refractivity contribution is -0.384. The van der Waals surface area contributed by atoms with Crippen molar-refractivity contribution in [2.24, 2.45) is 0 Å². The fraction of sp³-hybridized carbons (Fsp3) is 0.400. The third-order valence-corrected chi connectivity index (χ3v) is 3.31. The average molecular weight is 287 g/mol. The van der Waals surface area contributed by atoms with Crippen LogP contribution >= 0.6 is 0 Å². The molecule has 0 spiro atoms. The summed E-state index contributed by atoms with van der Waals surface area (Å²) in [5.74, 6) is 0. The van der Waals surface area contributed by atoms with Crippen molar-refractivity contribution in [3.05, 3.63) is 40.0 Å². The molecular formula is C15H17N3O3. The van der Waals surface area contributed by atoms with Crippen molar-refractivity contribution < 1.29 is 9.66 Å². The highest BCUT2D eigenvalue weighted by molar-refractivity contribution is 5.69. The van der Waals surface area contributed by atoms with Gasteiger partial charge in [0.2, 0.25) is 0 Å². The Labute approximate surface area is 123 Å². The number of nitro groups is 1. The van der Waals surface area contributed by atoms with E-state index in [2.05, 4.69) is 0 Å². The lowest BCUT2D eigenvalue weighted by Gasteiger charge is -2.36. The number of anilines is 1. The summed E-state index contributed by atoms with van der Waals surface area (Å²) in [5, 5.41) is 19.8. The Morgan fingerprint density at radius 2 is 2.10 bits per heavy atom. The molecule has 110 valence electrons. The highest BCUT2D eigenvalue weighted by atomic mass is 16.6. The van der Waals surface area contributed by atoms with E-state index in [1.807, 2.05) is 24.8 Å². The molecule has 0 N–H and O–H groups in total. The van der Waals surface area contributed by atoms with Crippen LogP contribution in [0.5, 0.6) is 0 Å². The predicted octanol–water partition coefficient (Wildman–Crippen LogP) is 2.75. The molecule has 6 nitrogen and oxygen atoms in total. The van der Waals surface area contributed by atoms with E-state index in [4.69, 9.17) is 10.00 Å². The van der Waals surface area contributed by atoms with Crippen LogP contribution in [0.3, 0.4) is 0 Å². The molecule has 21 heavy (non-hydrogen) atoms. The number of nitrogens with zero attached hydrogens (tertiary/aromatic N) is 3. The molecule has 0 amide bonds. The summed E-state index contributed by atoms with van der Waals surface area (Å²) in [5.41, 5.74) is 1.29. The molecule has 0 aromatic heterocycles. The minimum absolute atomic E-state index is 0.0338. The third kappa shape index (κ3) is 3.58. The molecule has 2 rings (SSSR count). The van der Waals surface area contributed by atoms with Gasteiger partial charge in [-0.05, 0) is 31.6 Å². The molecule has 1 fully saturated rings. The molecule has 0 radical (unpaired) electrons. The van der Waals surface area contributed by atoms with Crippen molar-refractivity contribution in [3.8, 4) is 6.07 Å². The van der Waals surface area contributed by atoms with Gasteiger partial charge in [-0.2, -0.15) is 5.26 Å². The minimum Gasteiger partial charge on any atom is -0.372 e. The Morgan fingerprint density at radius 3 is 2.67 bits per heavy atom. The zero-order chi connectivity index (χ0) is 15.4. The van der Waals surface area contributed by atoms with E-state index < -0.39 is 0 Å². The summed E-state index contributed by atoms with van der Waals surface area (Å²) in [7, 11) is 0. The molecule has 1 aromatic carbocycles. The van der Waals surface area contributed by atoms with Crippen LogP contribution in [0.4, 0.5) is 11.4 Å². The maximum Gasteiger partial charge on any atom is 0.293 e. The molecule has 6 heteroatoms. The minimum atomic E-state index is -0.385. The van der Waals surface area contributed by atoms with Crippen LogP contribution in [-0.4, -0.2) is 30.2 Å². The monoisotopic (exact) mass is 287 g/mol. The van der Waals surface area contributed by atoms with Crippen LogP contribution in [-0.2, 0) is 4.74 Å². The van der Waals surface area contributed by atoms with Crippen molar-refractivity contribution in [1.29, 1.82) is 5.26 Å². The van der Waals surface area contributed by atoms with Gasteiger partial charge in [-0.15, -0.1) is 0 Å². The molecule has 1 heterocycles. The lowest BCUT2D eigenvalue weighted by atomic mass is 10.1. The van der Waals surface area contributed by atoms with Gasteiger partial charge in [0.15, 0.2) is 0 Å². The number of ether oxygens (including phenoxy) is 1. The topological polar surface area (TPSA) is 79.4 Å². The first-order valence-electron chi connectivity index (χ1n) is 6.76. The fourth-order valence-electron chi connectivity index (χ4n) is 2.57. The molecule has 1 aliphatic rings. The second kappa shape index (κ2) is 6.37. The molecular weight excluding hydrogens is 270 g/mol. The number of nitro benzene ring substituents is 1. The zero-order valence-electron chi connectivity index (χ0n) is 12.0. The van der Waals surface area contributed by atoms with Crippen molar-refractivity contribution in [1.82, 2.24) is 0 Å². The van der Waals surface area contributed by atoms with Gasteiger partial charge in [0.25, 0.3) is 5.69 Å². The van der Waals surface area contributed by atoms with E-state index in [-0.39, 0.29) is 22.8 Å². The van der Waals surface area contributed by atoms with Crippen LogP contribution in [0.1, 0.15) is 19.4 Å². The average Bonchev–Trinajstić information content (AvgIpc) is 2.43. The largest absolute Gasteiger partial charge is 0.372 e. The van der Waals surface area contributed by atoms with Gasteiger partial charge in [0.1, 0.15) is 5.69 Å². The number of morpholine rings is 1. The number of allylic oxidation sites excluding steroid dienone is 1. The summed E-state index contributed by atoms with van der Waals surface area (Å²) in [6.07, 6.45) is 2.93. The Morgan fingerprint density at radius 1 is 1.43 bits per heavy atom. The number of rotatable bonds is 3. The van der Waals surface area contributed by atoms with Crippen molar-refractivity contribution in [3.63, 3.8) is 0 Å². The van der Waals surface area contributed by atoms with Crippen molar-refractivity contribution in [2.45, 2.75) is 26.1 Å². The predicted molar refractivity (Wildman–Crippen MR) is 80.0 cm³/mol. The molecule has 0 unspecified atom stereocenters. The molecule has 1 aromatic rings. The standard InChI is InChI=1S/C15H17N3O3/c1-11-9-17(10-12(2)21-11)14-6-5-13(4-3-7-16)8-15(14)18(19)20/h3-6,8,11-12H,9-10H2,1-2H3/b4-3-/t11-,12-/m1/s1. The van der Waals surface area contributed by atoms with E-state index in [1.54, 1.807) is 18.2 Å². The van der Waals surface area contributed by atoms with Gasteiger partial charge in [0.05, 0.1) is 23.2 Å². The van der Waals surface area contributed by atoms with Gasteiger partial charge in [-0.1, -0.05) is 6.07 Å². The Bertz CT molecular complexity index is 597. The number of nitriles is 1. The van der Waals surface area contributed by atoms with Gasteiger partial charge in [0, 0.05) is 25.2 Å². The van der Waals surface area contributed by atoms with Crippen LogP contribution in [0.2, 0.25) is 0 Å². The number of hydrogen-bond donors (Lipinski definition) is 0. The zero-order valence-corrected chi connectivity index (χ0v) is 12.0. The number of hydrogen-bond acceptors (Lipinski definition) is 5. The number of benzene rings is 1. The Kier molecular flexibility index (Phi) is 4.55. The summed E-state index contributed by atoms with van der Waals surface area (Å²) >= 11 is 0. The van der Waals surface area contributed by atoms with Gasteiger partial charge in [-0.3, -0.25) is 10.1 Å². The third-order valence-electron chi connectivity index (χ3n) is 3.31. The fourth-order valence-corrected chi connectivity index (χ4v) is 2.57. The van der Waals surface area contributed by atoms with Gasteiger partial charge < -0.3 is 9.64 Å². The van der Waals surface area contributed by atoms with Crippen LogP contribution in [0.15, 0.2) is 24.3 Å². The smallest absolute Gasteiger partial charge is 0.293 e. The SMILES string of the molecule is C[C@@H]1CN(c2ccc(/C=C\C#N)cc2[N+](=O)[O-])C[C@@H](C)O1. The maximum atomic E-state index is 11.3. The molecule has 2 atom stereocenters. The molecule has 1 saturated heterocycles. The quantitative estimate of drug-likeness (QED) is 0.485. The Balaban J connectivity index is 2.36. The van der Waals surface area contributed by atoms with Gasteiger partial charge >= 0.3 is 0 Å². The summed E-state index contributed by atoms with van der Waals surface area (Å²) < 4.78 is 5.66. The summed E-state index contributed by atoms with van der Waals surface area (Å²) in [6.45, 7) is 5.16. The second-order valence-electron chi connectivity index (χ2n) is 5.13. The van der Waals surface area contributed by atoms with Crippen molar-refractivity contribution >= 4 is 17.5 Å². The van der Waals surface area contributed by atoms with E-state index in [9.17, 15) is 10.1 Å².